The fourth-order valence-corrected chi connectivity index (χ4v) is 2.24. The van der Waals surface area contributed by atoms with E-state index in [2.05, 4.69) is 0 Å². The van der Waals surface area contributed by atoms with Crippen LogP contribution in [0.5, 0.6) is 0 Å². The first-order valence-corrected chi connectivity index (χ1v) is 6.80. The number of nitro groups is 1. The molecule has 110 valence electrons. The van der Waals surface area contributed by atoms with E-state index >= 15 is 0 Å². The van der Waals surface area contributed by atoms with Crippen LogP contribution in [0.4, 0.5) is 17.1 Å². The van der Waals surface area contributed by atoms with E-state index in [0.29, 0.717) is 5.02 Å². The second-order valence-corrected chi connectivity index (χ2v) is 5.28. The van der Waals surface area contributed by atoms with Crippen LogP contribution in [-0.4, -0.2) is 12.0 Å². The number of nitrogen functional groups attached to an aromatic ring is 1. The summed E-state index contributed by atoms with van der Waals surface area (Å²) in [5.74, 6) is 0. The largest absolute Gasteiger partial charge is 0.393 e. The van der Waals surface area contributed by atoms with Crippen LogP contribution in [0.1, 0.15) is 18.5 Å². The summed E-state index contributed by atoms with van der Waals surface area (Å²) < 4.78 is 0. The van der Waals surface area contributed by atoms with E-state index < -0.39 is 4.92 Å². The van der Waals surface area contributed by atoms with Gasteiger partial charge < -0.3 is 10.6 Å². The smallest absolute Gasteiger partial charge is 0.292 e. The molecule has 0 amide bonds. The van der Waals surface area contributed by atoms with Crippen molar-refractivity contribution in [2.24, 2.45) is 0 Å². The van der Waals surface area contributed by atoms with Crippen LogP contribution in [0.3, 0.4) is 0 Å². The first-order valence-electron chi connectivity index (χ1n) is 6.42. The van der Waals surface area contributed by atoms with Crippen LogP contribution in [0.15, 0.2) is 42.5 Å². The molecule has 0 heterocycles. The fraction of sp³-hybridized carbons (Fsp3) is 0.200. The second kappa shape index (κ2) is 6.01. The highest BCUT2D eigenvalue weighted by Crippen LogP contribution is 2.31. The van der Waals surface area contributed by atoms with E-state index in [0.717, 1.165) is 11.3 Å². The number of anilines is 2. The monoisotopic (exact) mass is 305 g/mol. The lowest BCUT2D eigenvalue weighted by Gasteiger charge is -2.27. The van der Waals surface area contributed by atoms with Gasteiger partial charge in [-0.05, 0) is 36.8 Å². The quantitative estimate of drug-likeness (QED) is 0.526. The number of benzene rings is 2. The number of nitro benzene ring substituents is 1. The lowest BCUT2D eigenvalue weighted by Crippen LogP contribution is -2.21. The summed E-state index contributed by atoms with van der Waals surface area (Å²) in [6.07, 6.45) is 0. The summed E-state index contributed by atoms with van der Waals surface area (Å²) in [7, 11) is 1.92. The maximum atomic E-state index is 10.8. The lowest BCUT2D eigenvalue weighted by atomic mass is 10.1. The van der Waals surface area contributed by atoms with Crippen LogP contribution in [0.25, 0.3) is 0 Å². The molecule has 1 unspecified atom stereocenters. The Labute approximate surface area is 128 Å². The van der Waals surface area contributed by atoms with Gasteiger partial charge in [-0.3, -0.25) is 10.1 Å². The van der Waals surface area contributed by atoms with Crippen molar-refractivity contribution in [2.45, 2.75) is 13.0 Å². The molecule has 2 N–H and O–H groups in total. The number of nitrogens with two attached hydrogens (primary N) is 1. The molecule has 5 nitrogen and oxygen atoms in total. The zero-order valence-corrected chi connectivity index (χ0v) is 12.5. The minimum absolute atomic E-state index is 0.0775. The van der Waals surface area contributed by atoms with Crippen LogP contribution in [0, 0.1) is 10.1 Å². The molecule has 0 radical (unpaired) electrons. The average molecular weight is 306 g/mol. The Morgan fingerprint density at radius 1 is 1.24 bits per heavy atom. The third-order valence-corrected chi connectivity index (χ3v) is 3.80. The number of nitrogens with zero attached hydrogens (tertiary/aromatic N) is 2. The van der Waals surface area contributed by atoms with Crippen LogP contribution >= 0.6 is 11.6 Å². The maximum Gasteiger partial charge on any atom is 0.292 e. The standard InChI is InChI=1S/C15H16ClN3O2/c1-10(11-3-5-12(16)6-4-11)18(2)13-7-8-15(19(20)21)14(17)9-13/h3-10H,17H2,1-2H3. The third-order valence-electron chi connectivity index (χ3n) is 3.55. The van der Waals surface area contributed by atoms with Crippen LogP contribution in [-0.2, 0) is 0 Å². The molecule has 2 aromatic rings. The van der Waals surface area contributed by atoms with Crippen molar-refractivity contribution < 1.29 is 4.92 Å². The molecule has 0 aliphatic rings. The highest BCUT2D eigenvalue weighted by molar-refractivity contribution is 6.30. The summed E-state index contributed by atoms with van der Waals surface area (Å²) in [6, 6.07) is 12.4. The predicted molar refractivity (Wildman–Crippen MR) is 85.8 cm³/mol. The van der Waals surface area contributed by atoms with Gasteiger partial charge in [-0.15, -0.1) is 0 Å². The summed E-state index contributed by atoms with van der Waals surface area (Å²) in [5.41, 5.74) is 7.73. The Morgan fingerprint density at radius 3 is 2.38 bits per heavy atom. The number of rotatable bonds is 4. The van der Waals surface area contributed by atoms with Gasteiger partial charge in [-0.25, -0.2) is 0 Å². The molecule has 2 aromatic carbocycles. The Morgan fingerprint density at radius 2 is 1.86 bits per heavy atom. The molecule has 0 aliphatic carbocycles. The first kappa shape index (κ1) is 15.1. The van der Waals surface area contributed by atoms with Gasteiger partial charge in [0, 0.05) is 23.8 Å². The van der Waals surface area contributed by atoms with Crippen LogP contribution < -0.4 is 10.6 Å². The normalized spacial score (nSPS) is 12.0. The van der Waals surface area contributed by atoms with Crippen molar-refractivity contribution in [3.63, 3.8) is 0 Å². The SMILES string of the molecule is CC(c1ccc(Cl)cc1)N(C)c1ccc([N+](=O)[O-])c(N)c1. The summed E-state index contributed by atoms with van der Waals surface area (Å²) in [5, 5.41) is 11.5. The molecule has 0 saturated carbocycles. The number of halogens is 1. The van der Waals surface area contributed by atoms with Crippen molar-refractivity contribution in [1.82, 2.24) is 0 Å². The van der Waals surface area contributed by atoms with Gasteiger partial charge in [-0.2, -0.15) is 0 Å². The molecule has 2 rings (SSSR count). The molecule has 0 aromatic heterocycles. The summed E-state index contributed by atoms with van der Waals surface area (Å²) in [6.45, 7) is 2.04. The Bertz CT molecular complexity index is 658. The van der Waals surface area contributed by atoms with E-state index in [9.17, 15) is 10.1 Å². The van der Waals surface area contributed by atoms with Gasteiger partial charge >= 0.3 is 0 Å². The lowest BCUT2D eigenvalue weighted by molar-refractivity contribution is -0.383. The third kappa shape index (κ3) is 3.25. The number of hydrogen-bond acceptors (Lipinski definition) is 4. The molecule has 0 spiro atoms. The van der Waals surface area contributed by atoms with Crippen molar-refractivity contribution in [3.8, 4) is 0 Å². The molecule has 0 saturated heterocycles. The van der Waals surface area contributed by atoms with E-state index in [-0.39, 0.29) is 17.4 Å². The van der Waals surface area contributed by atoms with Gasteiger partial charge in [0.05, 0.1) is 11.0 Å². The Kier molecular flexibility index (Phi) is 4.33. The highest BCUT2D eigenvalue weighted by atomic mass is 35.5. The summed E-state index contributed by atoms with van der Waals surface area (Å²) in [4.78, 5) is 12.3. The Hall–Kier alpha value is -2.27. The molecule has 21 heavy (non-hydrogen) atoms. The minimum Gasteiger partial charge on any atom is -0.393 e. The molecular formula is C15H16ClN3O2. The van der Waals surface area contributed by atoms with Gasteiger partial charge in [0.15, 0.2) is 0 Å². The first-order chi connectivity index (χ1) is 9.90. The molecule has 0 fully saturated rings. The van der Waals surface area contributed by atoms with Gasteiger partial charge in [-0.1, -0.05) is 23.7 Å². The van der Waals surface area contributed by atoms with E-state index in [4.69, 9.17) is 17.3 Å². The molecule has 0 bridgehead atoms. The van der Waals surface area contributed by atoms with E-state index in [1.807, 2.05) is 43.1 Å². The van der Waals surface area contributed by atoms with Crippen LogP contribution in [0.2, 0.25) is 5.02 Å². The van der Waals surface area contributed by atoms with Gasteiger partial charge in [0.2, 0.25) is 0 Å². The van der Waals surface area contributed by atoms with Crippen molar-refractivity contribution in [1.29, 1.82) is 0 Å². The molecule has 6 heteroatoms. The summed E-state index contributed by atoms with van der Waals surface area (Å²) >= 11 is 5.89. The minimum atomic E-state index is -0.484. The van der Waals surface area contributed by atoms with Crippen molar-refractivity contribution >= 4 is 28.7 Å². The molecule has 0 aliphatic heterocycles. The fourth-order valence-electron chi connectivity index (χ4n) is 2.12. The van der Waals surface area contributed by atoms with E-state index in [1.165, 1.54) is 6.07 Å². The van der Waals surface area contributed by atoms with Gasteiger partial charge in [0.25, 0.3) is 5.69 Å². The zero-order chi connectivity index (χ0) is 15.6. The average Bonchev–Trinajstić information content (AvgIpc) is 2.46. The number of hydrogen-bond donors (Lipinski definition) is 1. The molecular weight excluding hydrogens is 290 g/mol. The Balaban J connectivity index is 2.27. The zero-order valence-electron chi connectivity index (χ0n) is 11.8. The van der Waals surface area contributed by atoms with E-state index in [1.54, 1.807) is 12.1 Å². The molecule has 1 atom stereocenters. The topological polar surface area (TPSA) is 72.4 Å². The van der Waals surface area contributed by atoms with Crippen molar-refractivity contribution in [2.75, 3.05) is 17.7 Å². The van der Waals surface area contributed by atoms with Crippen molar-refractivity contribution in [3.05, 3.63) is 63.2 Å². The second-order valence-electron chi connectivity index (χ2n) is 4.84. The maximum absolute atomic E-state index is 10.8. The highest BCUT2D eigenvalue weighted by Gasteiger charge is 2.16. The van der Waals surface area contributed by atoms with Gasteiger partial charge in [0.1, 0.15) is 5.69 Å². The predicted octanol–water partition coefficient (Wildman–Crippen LogP) is 4.03.